The van der Waals surface area contributed by atoms with Gasteiger partial charge in [-0.15, -0.1) is 0 Å². The fraction of sp³-hybridized carbons (Fsp3) is 0.667. The van der Waals surface area contributed by atoms with E-state index in [1.54, 1.807) is 0 Å². The van der Waals surface area contributed by atoms with Crippen LogP contribution in [0.4, 0.5) is 0 Å². The van der Waals surface area contributed by atoms with E-state index in [0.717, 1.165) is 11.5 Å². The zero-order valence-corrected chi connectivity index (χ0v) is 8.01. The highest BCUT2D eigenvalue weighted by Gasteiger charge is 2.22. The summed E-state index contributed by atoms with van der Waals surface area (Å²) in [4.78, 5) is 4.08. The lowest BCUT2D eigenvalue weighted by molar-refractivity contribution is 0.231. The van der Waals surface area contributed by atoms with Gasteiger partial charge >= 0.3 is 0 Å². The summed E-state index contributed by atoms with van der Waals surface area (Å²) in [6.45, 7) is 7.94. The Morgan fingerprint density at radius 1 is 1.42 bits per heavy atom. The molecule has 0 aromatic carbocycles. The Kier molecular flexibility index (Phi) is 2.24. The van der Waals surface area contributed by atoms with Crippen molar-refractivity contribution in [3.05, 3.63) is 17.3 Å². The van der Waals surface area contributed by atoms with Gasteiger partial charge in [-0.25, -0.2) is 4.98 Å². The minimum Gasteiger partial charge on any atom is -0.442 e. The van der Waals surface area contributed by atoms with Gasteiger partial charge in [0.05, 0.1) is 5.69 Å². The fourth-order valence-corrected chi connectivity index (χ4v) is 1.22. The van der Waals surface area contributed by atoms with E-state index >= 15 is 0 Å². The maximum absolute atomic E-state index is 8.78. The van der Waals surface area contributed by atoms with Crippen molar-refractivity contribution in [2.24, 2.45) is 0 Å². The van der Waals surface area contributed by atoms with Crippen LogP contribution in [-0.2, 0) is 12.0 Å². The maximum atomic E-state index is 8.78. The summed E-state index contributed by atoms with van der Waals surface area (Å²) in [5, 5.41) is 8.78. The molecule has 0 aliphatic heterocycles. The highest BCUT2D eigenvalue weighted by atomic mass is 16.4. The topological polar surface area (TPSA) is 46.3 Å². The van der Waals surface area contributed by atoms with E-state index in [2.05, 4.69) is 25.8 Å². The number of aromatic nitrogens is 1. The molecule has 0 bridgehead atoms. The van der Waals surface area contributed by atoms with Gasteiger partial charge in [-0.3, -0.25) is 0 Å². The van der Waals surface area contributed by atoms with Crippen molar-refractivity contribution < 1.29 is 9.52 Å². The van der Waals surface area contributed by atoms with Crippen molar-refractivity contribution in [3.63, 3.8) is 0 Å². The third kappa shape index (κ3) is 1.67. The number of oxazole rings is 1. The first-order valence-electron chi connectivity index (χ1n) is 4.03. The van der Waals surface area contributed by atoms with Gasteiger partial charge in [0.15, 0.2) is 0 Å². The molecule has 0 amide bonds. The highest BCUT2D eigenvalue weighted by Crippen LogP contribution is 2.26. The summed E-state index contributed by atoms with van der Waals surface area (Å²) in [5.74, 6) is 1.25. The van der Waals surface area contributed by atoms with Crippen molar-refractivity contribution in [1.29, 1.82) is 0 Å². The van der Waals surface area contributed by atoms with E-state index in [0.29, 0.717) is 5.89 Å². The van der Waals surface area contributed by atoms with Crippen LogP contribution in [0, 0.1) is 6.92 Å². The fourth-order valence-electron chi connectivity index (χ4n) is 1.22. The zero-order valence-electron chi connectivity index (χ0n) is 8.01. The lowest BCUT2D eigenvalue weighted by Gasteiger charge is -2.14. The monoisotopic (exact) mass is 169 g/mol. The minimum atomic E-state index is -0.128. The van der Waals surface area contributed by atoms with E-state index in [1.807, 2.05) is 6.92 Å². The molecule has 1 aromatic heterocycles. The molecule has 0 radical (unpaired) electrons. The molecule has 1 N–H and O–H groups in total. The van der Waals surface area contributed by atoms with E-state index in [-0.39, 0.29) is 12.0 Å². The van der Waals surface area contributed by atoms with Gasteiger partial charge in [-0.1, -0.05) is 20.8 Å². The molecule has 1 aromatic rings. The molecule has 12 heavy (non-hydrogen) atoms. The number of hydrogen-bond donors (Lipinski definition) is 1. The van der Waals surface area contributed by atoms with Gasteiger partial charge in [-0.2, -0.15) is 0 Å². The lowest BCUT2D eigenvalue weighted by atomic mass is 9.92. The molecule has 0 saturated carbocycles. The van der Waals surface area contributed by atoms with Crippen LogP contribution in [0.25, 0.3) is 0 Å². The van der Waals surface area contributed by atoms with Crippen molar-refractivity contribution in [2.75, 3.05) is 0 Å². The lowest BCUT2D eigenvalue weighted by Crippen LogP contribution is -2.11. The summed E-state index contributed by atoms with van der Waals surface area (Å²) in [5.41, 5.74) is 0.830. The summed E-state index contributed by atoms with van der Waals surface area (Å²) in [6, 6.07) is 0. The number of rotatable bonds is 1. The first kappa shape index (κ1) is 9.26. The Morgan fingerprint density at radius 2 is 2.00 bits per heavy atom. The number of aliphatic hydroxyl groups excluding tert-OH is 1. The summed E-state index contributed by atoms with van der Waals surface area (Å²) >= 11 is 0. The van der Waals surface area contributed by atoms with E-state index in [4.69, 9.17) is 9.52 Å². The predicted molar refractivity (Wildman–Crippen MR) is 45.9 cm³/mol. The first-order valence-corrected chi connectivity index (χ1v) is 4.03. The first-order chi connectivity index (χ1) is 5.45. The van der Waals surface area contributed by atoms with Gasteiger partial charge in [-0.05, 0) is 6.92 Å². The van der Waals surface area contributed by atoms with Gasteiger partial charge in [0.25, 0.3) is 0 Å². The standard InChI is InChI=1S/C9H15NO2/c1-6-8(9(2,3)4)12-7(5-11)10-6/h11H,5H2,1-4H3. The predicted octanol–water partition coefficient (Wildman–Crippen LogP) is 1.77. The SMILES string of the molecule is Cc1nc(CO)oc1C(C)(C)C. The maximum Gasteiger partial charge on any atom is 0.220 e. The number of nitrogens with zero attached hydrogens (tertiary/aromatic N) is 1. The highest BCUT2D eigenvalue weighted by molar-refractivity contribution is 5.16. The normalized spacial score (nSPS) is 12.1. The average Bonchev–Trinajstić information content (AvgIpc) is 2.29. The molecule has 1 rings (SSSR count). The average molecular weight is 169 g/mol. The number of aliphatic hydroxyl groups is 1. The molecule has 0 aliphatic rings. The molecule has 0 saturated heterocycles. The minimum absolute atomic E-state index is 0.0372. The molecule has 0 spiro atoms. The van der Waals surface area contributed by atoms with Crippen LogP contribution in [0.5, 0.6) is 0 Å². The molecule has 0 atom stereocenters. The molecular weight excluding hydrogens is 154 g/mol. The van der Waals surface area contributed by atoms with Gasteiger partial charge < -0.3 is 9.52 Å². The smallest absolute Gasteiger partial charge is 0.220 e. The molecule has 68 valence electrons. The van der Waals surface area contributed by atoms with Crippen molar-refractivity contribution in [1.82, 2.24) is 4.98 Å². The Morgan fingerprint density at radius 3 is 2.25 bits per heavy atom. The Labute approximate surface area is 72.4 Å². The second kappa shape index (κ2) is 2.90. The molecule has 3 nitrogen and oxygen atoms in total. The largest absolute Gasteiger partial charge is 0.442 e. The molecule has 1 heterocycles. The van der Waals surface area contributed by atoms with Crippen LogP contribution >= 0.6 is 0 Å². The number of aryl methyl sites for hydroxylation is 1. The van der Waals surface area contributed by atoms with Crippen LogP contribution in [0.2, 0.25) is 0 Å². The van der Waals surface area contributed by atoms with Gasteiger partial charge in [0.2, 0.25) is 5.89 Å². The molecule has 0 fully saturated rings. The molecule has 3 heteroatoms. The van der Waals surface area contributed by atoms with E-state index in [1.165, 1.54) is 0 Å². The van der Waals surface area contributed by atoms with Crippen LogP contribution < -0.4 is 0 Å². The second-order valence-electron chi connectivity index (χ2n) is 3.93. The van der Waals surface area contributed by atoms with Crippen LogP contribution in [0.15, 0.2) is 4.42 Å². The summed E-state index contributed by atoms with van der Waals surface area (Å²) in [7, 11) is 0. The van der Waals surface area contributed by atoms with Crippen LogP contribution in [-0.4, -0.2) is 10.1 Å². The molecular formula is C9H15NO2. The van der Waals surface area contributed by atoms with E-state index in [9.17, 15) is 0 Å². The molecule has 0 unspecified atom stereocenters. The van der Waals surface area contributed by atoms with Crippen molar-refractivity contribution >= 4 is 0 Å². The Balaban J connectivity index is 3.08. The van der Waals surface area contributed by atoms with Gasteiger partial charge in [0, 0.05) is 5.41 Å². The zero-order chi connectivity index (χ0) is 9.35. The summed E-state index contributed by atoms with van der Waals surface area (Å²) in [6.07, 6.45) is 0. The number of hydrogen-bond acceptors (Lipinski definition) is 3. The Bertz CT molecular complexity index is 271. The van der Waals surface area contributed by atoms with Crippen molar-refractivity contribution in [3.8, 4) is 0 Å². The van der Waals surface area contributed by atoms with Crippen LogP contribution in [0.1, 0.15) is 38.1 Å². The Hall–Kier alpha value is -0.830. The summed E-state index contributed by atoms with van der Waals surface area (Å²) < 4.78 is 5.37. The van der Waals surface area contributed by atoms with Crippen molar-refractivity contribution in [2.45, 2.75) is 39.7 Å². The van der Waals surface area contributed by atoms with Crippen LogP contribution in [0.3, 0.4) is 0 Å². The molecule has 0 aliphatic carbocycles. The quantitative estimate of drug-likeness (QED) is 0.697. The van der Waals surface area contributed by atoms with Gasteiger partial charge in [0.1, 0.15) is 12.4 Å². The third-order valence-corrected chi connectivity index (χ3v) is 1.66. The van der Waals surface area contributed by atoms with E-state index < -0.39 is 0 Å². The third-order valence-electron chi connectivity index (χ3n) is 1.66. The second-order valence-corrected chi connectivity index (χ2v) is 3.93.